The van der Waals surface area contributed by atoms with Gasteiger partial charge in [0.05, 0.1) is 21.7 Å². The van der Waals surface area contributed by atoms with Crippen molar-refractivity contribution in [3.05, 3.63) is 67.2 Å². The molecule has 9 nitrogen and oxygen atoms in total. The maximum Gasteiger partial charge on any atom is 0.290 e. The maximum absolute atomic E-state index is 10.8. The van der Waals surface area contributed by atoms with Gasteiger partial charge in [0.25, 0.3) is 11.4 Å². The van der Waals surface area contributed by atoms with Crippen molar-refractivity contribution in [3.8, 4) is 5.75 Å². The van der Waals surface area contributed by atoms with Crippen LogP contribution in [0.25, 0.3) is 0 Å². The van der Waals surface area contributed by atoms with Gasteiger partial charge in [-0.2, -0.15) is 5.10 Å². The molecule has 0 amide bonds. The first-order chi connectivity index (χ1) is 10.9. The van der Waals surface area contributed by atoms with Gasteiger partial charge in [0, 0.05) is 23.8 Å². The van der Waals surface area contributed by atoms with Crippen molar-refractivity contribution in [2.75, 3.05) is 5.43 Å². The van der Waals surface area contributed by atoms with E-state index in [0.717, 1.165) is 18.3 Å². The van der Waals surface area contributed by atoms with Crippen molar-refractivity contribution in [3.63, 3.8) is 0 Å². The van der Waals surface area contributed by atoms with Crippen LogP contribution in [0, 0.1) is 20.2 Å². The third kappa shape index (κ3) is 3.92. The lowest BCUT2D eigenvalue weighted by atomic mass is 10.2. The summed E-state index contributed by atoms with van der Waals surface area (Å²) in [4.78, 5) is 20.2. The van der Waals surface area contributed by atoms with Crippen LogP contribution in [0.3, 0.4) is 0 Å². The third-order valence-electron chi connectivity index (χ3n) is 2.76. The lowest BCUT2D eigenvalue weighted by molar-refractivity contribution is -0.385. The van der Waals surface area contributed by atoms with Crippen molar-refractivity contribution in [1.29, 1.82) is 0 Å². The maximum atomic E-state index is 10.8. The van der Waals surface area contributed by atoms with Gasteiger partial charge in [0.1, 0.15) is 10.8 Å². The van der Waals surface area contributed by atoms with E-state index in [-0.39, 0.29) is 27.7 Å². The number of anilines is 1. The first kappa shape index (κ1) is 16.2. The molecule has 0 unspecified atom stereocenters. The van der Waals surface area contributed by atoms with Gasteiger partial charge >= 0.3 is 0 Å². The molecule has 2 aromatic rings. The molecule has 0 aliphatic rings. The zero-order valence-corrected chi connectivity index (χ0v) is 12.1. The Kier molecular flexibility index (Phi) is 4.72. The molecule has 2 rings (SSSR count). The summed E-state index contributed by atoms with van der Waals surface area (Å²) in [6.07, 6.45) is 1.16. The summed E-state index contributed by atoms with van der Waals surface area (Å²) in [7, 11) is 0. The molecule has 0 spiro atoms. The molecule has 2 aromatic carbocycles. The lowest BCUT2D eigenvalue weighted by Crippen LogP contribution is -1.95. The van der Waals surface area contributed by atoms with E-state index in [4.69, 9.17) is 11.6 Å². The van der Waals surface area contributed by atoms with E-state index in [1.54, 1.807) is 0 Å². The molecular formula is C13H9ClN4O5. The highest BCUT2D eigenvalue weighted by molar-refractivity contribution is 6.32. The van der Waals surface area contributed by atoms with E-state index >= 15 is 0 Å². The first-order valence-electron chi connectivity index (χ1n) is 6.09. The minimum absolute atomic E-state index is 0.0131. The highest BCUT2D eigenvalue weighted by Crippen LogP contribution is 2.27. The number of phenolic OH excluding ortho intramolecular Hbond substituents is 1. The first-order valence-corrected chi connectivity index (χ1v) is 6.46. The van der Waals surface area contributed by atoms with E-state index in [1.807, 2.05) is 0 Å². The molecule has 10 heteroatoms. The molecule has 0 heterocycles. The molecule has 0 atom stereocenters. The number of nitrogens with one attached hydrogen (secondary N) is 1. The second-order valence-corrected chi connectivity index (χ2v) is 4.70. The molecule has 0 aliphatic heterocycles. The normalized spacial score (nSPS) is 10.7. The molecule has 0 radical (unpaired) electrons. The van der Waals surface area contributed by atoms with Gasteiger partial charge in [0.2, 0.25) is 0 Å². The number of non-ortho nitro benzene ring substituents is 1. The Morgan fingerprint density at radius 3 is 2.52 bits per heavy atom. The van der Waals surface area contributed by atoms with Crippen LogP contribution in [-0.4, -0.2) is 21.2 Å². The Morgan fingerprint density at radius 2 is 1.87 bits per heavy atom. The quantitative estimate of drug-likeness (QED) is 0.489. The van der Waals surface area contributed by atoms with E-state index in [2.05, 4.69) is 10.5 Å². The summed E-state index contributed by atoms with van der Waals surface area (Å²) >= 11 is 5.68. The van der Waals surface area contributed by atoms with Crippen LogP contribution in [0.5, 0.6) is 5.75 Å². The molecule has 2 N–H and O–H groups in total. The molecule has 0 aromatic heterocycles. The Hall–Kier alpha value is -3.20. The number of aromatic hydroxyl groups is 1. The average Bonchev–Trinajstić information content (AvgIpc) is 2.50. The average molecular weight is 337 g/mol. The number of rotatable bonds is 5. The predicted molar refractivity (Wildman–Crippen MR) is 84.1 cm³/mol. The van der Waals surface area contributed by atoms with Crippen molar-refractivity contribution in [2.24, 2.45) is 5.10 Å². The Balaban J connectivity index is 2.19. The number of nitro groups is 2. The van der Waals surface area contributed by atoms with Crippen LogP contribution in [0.15, 0.2) is 41.5 Å². The highest BCUT2D eigenvalue weighted by atomic mass is 35.5. The number of hydrazone groups is 1. The number of hydrogen-bond acceptors (Lipinski definition) is 7. The second kappa shape index (κ2) is 6.71. The van der Waals surface area contributed by atoms with Crippen LogP contribution in [-0.2, 0) is 0 Å². The smallest absolute Gasteiger partial charge is 0.290 e. The zero-order chi connectivity index (χ0) is 17.0. The molecular weight excluding hydrogens is 328 g/mol. The summed E-state index contributed by atoms with van der Waals surface area (Å²) in [6, 6.07) is 7.47. The van der Waals surface area contributed by atoms with Crippen molar-refractivity contribution in [2.45, 2.75) is 0 Å². The molecule has 0 saturated carbocycles. The lowest BCUT2D eigenvalue weighted by Gasteiger charge is -2.02. The van der Waals surface area contributed by atoms with Crippen LogP contribution in [0.4, 0.5) is 17.1 Å². The largest absolute Gasteiger partial charge is 0.507 e. The van der Waals surface area contributed by atoms with Gasteiger partial charge in [-0.05, 0) is 18.2 Å². The summed E-state index contributed by atoms with van der Waals surface area (Å²) < 4.78 is 0. The Bertz CT molecular complexity index is 809. The number of benzene rings is 2. The van der Waals surface area contributed by atoms with Crippen LogP contribution < -0.4 is 5.43 Å². The summed E-state index contributed by atoms with van der Waals surface area (Å²) in [5.41, 5.74) is 2.44. The number of nitro benzene ring substituents is 2. The molecule has 23 heavy (non-hydrogen) atoms. The van der Waals surface area contributed by atoms with Crippen LogP contribution in [0.2, 0.25) is 5.02 Å². The second-order valence-electron chi connectivity index (χ2n) is 4.29. The van der Waals surface area contributed by atoms with Gasteiger partial charge in [-0.25, -0.2) is 0 Å². The monoisotopic (exact) mass is 336 g/mol. The van der Waals surface area contributed by atoms with E-state index in [1.165, 1.54) is 24.3 Å². The Labute approximate surface area is 134 Å². The summed E-state index contributed by atoms with van der Waals surface area (Å²) in [5, 5.41) is 34.8. The molecule has 0 fully saturated rings. The minimum Gasteiger partial charge on any atom is -0.507 e. The van der Waals surface area contributed by atoms with E-state index in [9.17, 15) is 25.3 Å². The number of nitrogens with zero attached hydrogens (tertiary/aromatic N) is 3. The topological polar surface area (TPSA) is 131 Å². The van der Waals surface area contributed by atoms with Crippen molar-refractivity contribution in [1.82, 2.24) is 0 Å². The molecule has 0 bridgehead atoms. The van der Waals surface area contributed by atoms with Gasteiger partial charge in [-0.15, -0.1) is 0 Å². The van der Waals surface area contributed by atoms with Crippen LogP contribution in [0.1, 0.15) is 5.56 Å². The third-order valence-corrected chi connectivity index (χ3v) is 3.08. The minimum atomic E-state index is -0.635. The van der Waals surface area contributed by atoms with E-state index in [0.29, 0.717) is 5.69 Å². The van der Waals surface area contributed by atoms with Gasteiger partial charge < -0.3 is 5.11 Å². The zero-order valence-electron chi connectivity index (χ0n) is 11.3. The Morgan fingerprint density at radius 1 is 1.13 bits per heavy atom. The standard InChI is InChI=1S/C13H9ClN4O5/c14-11-3-1-9(6-12(11)18(22)23)16-15-7-8-5-10(17(20)21)2-4-13(8)19/h1-7,16,19H/b15-7+. The molecule has 0 saturated heterocycles. The summed E-state index contributed by atoms with van der Waals surface area (Å²) in [5.74, 6) is -0.191. The summed E-state index contributed by atoms with van der Waals surface area (Å²) in [6.45, 7) is 0. The molecule has 0 aliphatic carbocycles. The number of hydrogen-bond donors (Lipinski definition) is 2. The van der Waals surface area contributed by atoms with Gasteiger partial charge in [-0.3, -0.25) is 25.7 Å². The number of halogens is 1. The fourth-order valence-corrected chi connectivity index (χ4v) is 1.84. The number of phenols is 1. The van der Waals surface area contributed by atoms with Crippen molar-refractivity contribution < 1.29 is 15.0 Å². The van der Waals surface area contributed by atoms with E-state index < -0.39 is 9.85 Å². The molecule has 118 valence electrons. The van der Waals surface area contributed by atoms with Gasteiger partial charge in [0.15, 0.2) is 0 Å². The highest BCUT2D eigenvalue weighted by Gasteiger charge is 2.12. The SMILES string of the molecule is O=[N+]([O-])c1ccc(O)c(/C=N/Nc2ccc(Cl)c([N+](=O)[O-])c2)c1. The van der Waals surface area contributed by atoms with Crippen LogP contribution >= 0.6 is 11.6 Å². The van der Waals surface area contributed by atoms with Gasteiger partial charge in [-0.1, -0.05) is 11.6 Å². The fraction of sp³-hybridized carbons (Fsp3) is 0. The van der Waals surface area contributed by atoms with Crippen molar-refractivity contribution >= 4 is 34.9 Å². The fourth-order valence-electron chi connectivity index (χ4n) is 1.66. The predicted octanol–water partition coefficient (Wildman–Crippen LogP) is 3.31.